The Labute approximate surface area is 62.5 Å². The van der Waals surface area contributed by atoms with Crippen molar-refractivity contribution in [3.63, 3.8) is 0 Å². The highest BCUT2D eigenvalue weighted by Gasteiger charge is 1.97. The first kappa shape index (κ1) is 9.66. The third kappa shape index (κ3) is 4.53. The molecule has 0 aliphatic heterocycles. The fourth-order valence-corrected chi connectivity index (χ4v) is 0.790. The topological polar surface area (TPSA) is 29.5 Å². The van der Waals surface area contributed by atoms with Gasteiger partial charge in [-0.1, -0.05) is 25.5 Å². The predicted molar refractivity (Wildman–Crippen MR) is 41.9 cm³/mol. The van der Waals surface area contributed by atoms with Crippen LogP contribution in [-0.4, -0.2) is 24.9 Å². The molecular weight excluding hydrogens is 128 g/mol. The van der Waals surface area contributed by atoms with Crippen LogP contribution in [0, 0.1) is 0 Å². The van der Waals surface area contributed by atoms with Gasteiger partial charge in [0.15, 0.2) is 0 Å². The van der Waals surface area contributed by atoms with Crippen molar-refractivity contribution in [2.24, 2.45) is 0 Å². The molecule has 0 aromatic heterocycles. The monoisotopic (exact) mass is 144 g/mol. The second-order valence-electron chi connectivity index (χ2n) is 2.17. The maximum Gasteiger partial charge on any atom is 0.0752 e. The molecular formula is C8H16O2. The van der Waals surface area contributed by atoms with Gasteiger partial charge in [0.2, 0.25) is 0 Å². The van der Waals surface area contributed by atoms with Crippen molar-refractivity contribution in [2.45, 2.75) is 25.9 Å². The maximum atomic E-state index is 8.44. The zero-order chi connectivity index (χ0) is 7.82. The molecule has 10 heavy (non-hydrogen) atoms. The highest BCUT2D eigenvalue weighted by Crippen LogP contribution is 2.01. The number of hydrogen-bond acceptors (Lipinski definition) is 2. The Morgan fingerprint density at radius 3 is 2.70 bits per heavy atom. The molecule has 0 saturated carbocycles. The van der Waals surface area contributed by atoms with E-state index < -0.39 is 0 Å². The van der Waals surface area contributed by atoms with Gasteiger partial charge in [-0.3, -0.25) is 0 Å². The molecule has 0 spiro atoms. The minimum Gasteiger partial charge on any atom is -0.392 e. The number of ether oxygens (including phenoxy) is 1. The van der Waals surface area contributed by atoms with Gasteiger partial charge in [-0.2, -0.15) is 0 Å². The SMILES string of the molecule is CCCC(/C=C/CO)OC. The standard InChI is InChI=1S/C8H16O2/c1-3-5-8(10-2)6-4-7-9/h4,6,8-9H,3,5,7H2,1-2H3/b6-4+. The van der Waals surface area contributed by atoms with E-state index in [2.05, 4.69) is 6.92 Å². The molecule has 0 rings (SSSR count). The number of rotatable bonds is 5. The molecule has 0 aliphatic rings. The second-order valence-corrected chi connectivity index (χ2v) is 2.17. The van der Waals surface area contributed by atoms with Gasteiger partial charge in [-0.15, -0.1) is 0 Å². The Hall–Kier alpha value is -0.340. The van der Waals surface area contributed by atoms with E-state index in [0.29, 0.717) is 0 Å². The van der Waals surface area contributed by atoms with Crippen LogP contribution in [0.2, 0.25) is 0 Å². The smallest absolute Gasteiger partial charge is 0.0752 e. The van der Waals surface area contributed by atoms with Crippen LogP contribution in [0.3, 0.4) is 0 Å². The molecule has 0 saturated heterocycles. The van der Waals surface area contributed by atoms with E-state index in [-0.39, 0.29) is 12.7 Å². The average molecular weight is 144 g/mol. The molecule has 0 bridgehead atoms. The molecule has 60 valence electrons. The first-order valence-corrected chi connectivity index (χ1v) is 3.65. The first-order chi connectivity index (χ1) is 4.85. The molecule has 0 aliphatic carbocycles. The molecule has 0 heterocycles. The lowest BCUT2D eigenvalue weighted by Crippen LogP contribution is -2.05. The number of aliphatic hydroxyl groups is 1. The summed E-state index contributed by atoms with van der Waals surface area (Å²) >= 11 is 0. The minimum absolute atomic E-state index is 0.101. The van der Waals surface area contributed by atoms with Gasteiger partial charge in [0.05, 0.1) is 12.7 Å². The molecule has 0 radical (unpaired) electrons. The summed E-state index contributed by atoms with van der Waals surface area (Å²) in [5, 5.41) is 8.44. The van der Waals surface area contributed by atoms with Crippen LogP contribution in [0.4, 0.5) is 0 Å². The largest absolute Gasteiger partial charge is 0.392 e. The van der Waals surface area contributed by atoms with Crippen LogP contribution in [0.15, 0.2) is 12.2 Å². The van der Waals surface area contributed by atoms with Gasteiger partial charge in [-0.25, -0.2) is 0 Å². The number of hydrogen-bond donors (Lipinski definition) is 1. The summed E-state index contributed by atoms with van der Waals surface area (Å²) in [7, 11) is 1.68. The summed E-state index contributed by atoms with van der Waals surface area (Å²) in [5.41, 5.74) is 0. The van der Waals surface area contributed by atoms with Crippen molar-refractivity contribution in [1.82, 2.24) is 0 Å². The van der Waals surface area contributed by atoms with Gasteiger partial charge < -0.3 is 9.84 Å². The molecule has 0 aromatic rings. The lowest BCUT2D eigenvalue weighted by molar-refractivity contribution is 0.132. The zero-order valence-electron chi connectivity index (χ0n) is 6.71. The third-order valence-corrected chi connectivity index (χ3v) is 1.33. The maximum absolute atomic E-state index is 8.44. The van der Waals surface area contributed by atoms with E-state index in [1.54, 1.807) is 13.2 Å². The van der Waals surface area contributed by atoms with Crippen molar-refractivity contribution in [3.8, 4) is 0 Å². The Morgan fingerprint density at radius 1 is 1.60 bits per heavy atom. The highest BCUT2D eigenvalue weighted by atomic mass is 16.5. The summed E-state index contributed by atoms with van der Waals surface area (Å²) in [4.78, 5) is 0. The van der Waals surface area contributed by atoms with Crippen LogP contribution in [0.25, 0.3) is 0 Å². The molecule has 1 N–H and O–H groups in total. The van der Waals surface area contributed by atoms with Crippen LogP contribution < -0.4 is 0 Å². The summed E-state index contributed by atoms with van der Waals surface area (Å²) in [6.45, 7) is 2.21. The highest BCUT2D eigenvalue weighted by molar-refractivity contribution is 4.88. The lowest BCUT2D eigenvalue weighted by atomic mass is 10.2. The summed E-state index contributed by atoms with van der Waals surface area (Å²) in [6.07, 6.45) is 5.91. The van der Waals surface area contributed by atoms with Gasteiger partial charge in [-0.05, 0) is 6.42 Å². The Morgan fingerprint density at radius 2 is 2.30 bits per heavy atom. The molecule has 2 nitrogen and oxygen atoms in total. The molecule has 1 unspecified atom stereocenters. The molecule has 0 amide bonds. The zero-order valence-corrected chi connectivity index (χ0v) is 6.71. The van der Waals surface area contributed by atoms with Crippen molar-refractivity contribution in [2.75, 3.05) is 13.7 Å². The van der Waals surface area contributed by atoms with E-state index in [0.717, 1.165) is 12.8 Å². The molecule has 0 fully saturated rings. The first-order valence-electron chi connectivity index (χ1n) is 3.65. The van der Waals surface area contributed by atoms with Crippen molar-refractivity contribution >= 4 is 0 Å². The van der Waals surface area contributed by atoms with Gasteiger partial charge >= 0.3 is 0 Å². The van der Waals surface area contributed by atoms with Crippen LogP contribution >= 0.6 is 0 Å². The van der Waals surface area contributed by atoms with E-state index in [1.807, 2.05) is 6.08 Å². The number of methoxy groups -OCH3 is 1. The van der Waals surface area contributed by atoms with E-state index in [9.17, 15) is 0 Å². The fraction of sp³-hybridized carbons (Fsp3) is 0.750. The van der Waals surface area contributed by atoms with Gasteiger partial charge in [0, 0.05) is 7.11 Å². The Kier molecular flexibility index (Phi) is 6.55. The van der Waals surface area contributed by atoms with E-state index >= 15 is 0 Å². The Bertz CT molecular complexity index is 89.3. The van der Waals surface area contributed by atoms with Crippen LogP contribution in [0.5, 0.6) is 0 Å². The van der Waals surface area contributed by atoms with E-state index in [4.69, 9.17) is 9.84 Å². The summed E-state index contributed by atoms with van der Waals surface area (Å²) < 4.78 is 5.09. The lowest BCUT2D eigenvalue weighted by Gasteiger charge is -2.07. The Balaban J connectivity index is 3.48. The fourth-order valence-electron chi connectivity index (χ4n) is 0.790. The molecule has 1 atom stereocenters. The quantitative estimate of drug-likeness (QED) is 0.590. The third-order valence-electron chi connectivity index (χ3n) is 1.33. The molecule has 2 heteroatoms. The predicted octanol–water partition coefficient (Wildman–Crippen LogP) is 1.35. The summed E-state index contributed by atoms with van der Waals surface area (Å²) in [6, 6.07) is 0. The van der Waals surface area contributed by atoms with Crippen LogP contribution in [-0.2, 0) is 4.74 Å². The normalized spacial score (nSPS) is 14.3. The van der Waals surface area contributed by atoms with Crippen molar-refractivity contribution < 1.29 is 9.84 Å². The van der Waals surface area contributed by atoms with Gasteiger partial charge in [0.25, 0.3) is 0 Å². The van der Waals surface area contributed by atoms with E-state index in [1.165, 1.54) is 0 Å². The van der Waals surface area contributed by atoms with Gasteiger partial charge in [0.1, 0.15) is 0 Å². The minimum atomic E-state index is 0.101. The van der Waals surface area contributed by atoms with Crippen LogP contribution in [0.1, 0.15) is 19.8 Å². The average Bonchev–Trinajstić information content (AvgIpc) is 1.98. The number of aliphatic hydroxyl groups excluding tert-OH is 1. The molecule has 0 aromatic carbocycles. The second kappa shape index (κ2) is 6.78. The van der Waals surface area contributed by atoms with Crippen molar-refractivity contribution in [1.29, 1.82) is 0 Å². The summed E-state index contributed by atoms with van der Waals surface area (Å²) in [5.74, 6) is 0. The van der Waals surface area contributed by atoms with Crippen molar-refractivity contribution in [3.05, 3.63) is 12.2 Å².